The van der Waals surface area contributed by atoms with Crippen LogP contribution < -0.4 is 21.3 Å². The van der Waals surface area contributed by atoms with E-state index in [2.05, 4.69) is 41.5 Å². The second kappa shape index (κ2) is 7.00. The number of hydrazine groups is 1. The molecule has 0 bridgehead atoms. The third-order valence-corrected chi connectivity index (χ3v) is 2.70. The molecule has 18 heavy (non-hydrogen) atoms. The smallest absolute Gasteiger partial charge is 0.205 e. The number of methoxy groups -OCH3 is 1. The van der Waals surface area contributed by atoms with Crippen molar-refractivity contribution in [3.05, 3.63) is 6.33 Å². The zero-order valence-electron chi connectivity index (χ0n) is 11.5. The van der Waals surface area contributed by atoms with Crippen molar-refractivity contribution < 1.29 is 4.74 Å². The van der Waals surface area contributed by atoms with E-state index in [1.165, 1.54) is 12.7 Å². The lowest BCUT2D eigenvalue weighted by Gasteiger charge is -2.18. The predicted molar refractivity (Wildman–Crippen MR) is 73.6 cm³/mol. The molecule has 0 fully saturated rings. The van der Waals surface area contributed by atoms with E-state index in [1.54, 1.807) is 7.11 Å². The summed E-state index contributed by atoms with van der Waals surface area (Å²) in [6.45, 7) is 6.56. The number of hydrogen-bond donors (Lipinski definition) is 3. The van der Waals surface area contributed by atoms with Crippen molar-refractivity contribution in [3.8, 4) is 5.75 Å². The molecule has 0 aliphatic rings. The first kappa shape index (κ1) is 14.5. The minimum Gasteiger partial charge on any atom is -0.490 e. The van der Waals surface area contributed by atoms with E-state index in [4.69, 9.17) is 10.6 Å². The maximum atomic E-state index is 5.38. The van der Waals surface area contributed by atoms with Gasteiger partial charge in [-0.25, -0.2) is 15.8 Å². The number of nitrogens with zero attached hydrogens (tertiary/aromatic N) is 2. The lowest BCUT2D eigenvalue weighted by atomic mass is 10.0. The van der Waals surface area contributed by atoms with Crippen LogP contribution in [0.5, 0.6) is 5.75 Å². The maximum absolute atomic E-state index is 5.38. The molecular formula is C12H23N5O. The van der Waals surface area contributed by atoms with Gasteiger partial charge < -0.3 is 15.5 Å². The Morgan fingerprint density at radius 3 is 2.44 bits per heavy atom. The molecule has 0 aliphatic carbocycles. The van der Waals surface area contributed by atoms with Gasteiger partial charge >= 0.3 is 0 Å². The SMILES string of the molecule is COc1c(NN)ncnc1NC(C)CCC(C)C. The number of anilines is 2. The second-order valence-corrected chi connectivity index (χ2v) is 4.77. The van der Waals surface area contributed by atoms with Gasteiger partial charge in [-0.2, -0.15) is 0 Å². The van der Waals surface area contributed by atoms with Crippen molar-refractivity contribution >= 4 is 11.6 Å². The Bertz CT molecular complexity index is 369. The van der Waals surface area contributed by atoms with Gasteiger partial charge in [0.2, 0.25) is 5.75 Å². The minimum atomic E-state index is 0.321. The zero-order valence-corrected chi connectivity index (χ0v) is 11.5. The van der Waals surface area contributed by atoms with Gasteiger partial charge in [-0.15, -0.1) is 0 Å². The third-order valence-electron chi connectivity index (χ3n) is 2.70. The van der Waals surface area contributed by atoms with Crippen LogP contribution in [0.3, 0.4) is 0 Å². The molecule has 0 spiro atoms. The van der Waals surface area contributed by atoms with Crippen LogP contribution in [0.2, 0.25) is 0 Å². The first-order valence-corrected chi connectivity index (χ1v) is 6.20. The molecule has 4 N–H and O–H groups in total. The normalized spacial score (nSPS) is 12.3. The molecule has 1 aromatic heterocycles. The van der Waals surface area contributed by atoms with E-state index in [9.17, 15) is 0 Å². The summed E-state index contributed by atoms with van der Waals surface area (Å²) in [5.74, 6) is 7.75. The number of nitrogens with one attached hydrogen (secondary N) is 2. The number of hydrogen-bond acceptors (Lipinski definition) is 6. The van der Waals surface area contributed by atoms with Crippen LogP contribution in [0, 0.1) is 5.92 Å². The average Bonchev–Trinajstić information content (AvgIpc) is 2.36. The molecular weight excluding hydrogens is 230 g/mol. The van der Waals surface area contributed by atoms with Crippen LogP contribution in [0.25, 0.3) is 0 Å². The van der Waals surface area contributed by atoms with Gasteiger partial charge in [0.05, 0.1) is 7.11 Å². The maximum Gasteiger partial charge on any atom is 0.205 e. The number of ether oxygens (including phenoxy) is 1. The predicted octanol–water partition coefficient (Wildman–Crippen LogP) is 2.01. The third kappa shape index (κ3) is 4.03. The molecule has 0 aliphatic heterocycles. The summed E-state index contributed by atoms with van der Waals surface area (Å²) in [5, 5.41) is 3.32. The van der Waals surface area contributed by atoms with Crippen LogP contribution in [0.4, 0.5) is 11.6 Å². The van der Waals surface area contributed by atoms with Gasteiger partial charge in [-0.05, 0) is 25.7 Å². The largest absolute Gasteiger partial charge is 0.490 e. The Kier molecular flexibility index (Phi) is 5.64. The van der Waals surface area contributed by atoms with Gasteiger partial charge in [0, 0.05) is 6.04 Å². The highest BCUT2D eigenvalue weighted by Crippen LogP contribution is 2.28. The van der Waals surface area contributed by atoms with Crippen molar-refractivity contribution in [2.24, 2.45) is 11.8 Å². The Morgan fingerprint density at radius 2 is 1.89 bits per heavy atom. The number of aromatic nitrogens is 2. The van der Waals surface area contributed by atoms with Gasteiger partial charge in [0.15, 0.2) is 11.6 Å². The highest BCUT2D eigenvalue weighted by Gasteiger charge is 2.13. The molecule has 1 heterocycles. The molecule has 1 atom stereocenters. The van der Waals surface area contributed by atoms with Crippen LogP contribution in [0.1, 0.15) is 33.6 Å². The van der Waals surface area contributed by atoms with E-state index >= 15 is 0 Å². The Morgan fingerprint density at radius 1 is 1.22 bits per heavy atom. The Balaban J connectivity index is 2.71. The van der Waals surface area contributed by atoms with Crippen LogP contribution in [0.15, 0.2) is 6.33 Å². The molecule has 1 aromatic rings. The van der Waals surface area contributed by atoms with E-state index in [0.29, 0.717) is 29.3 Å². The molecule has 6 nitrogen and oxygen atoms in total. The first-order valence-electron chi connectivity index (χ1n) is 6.20. The highest BCUT2D eigenvalue weighted by molar-refractivity contribution is 5.63. The summed E-state index contributed by atoms with van der Waals surface area (Å²) in [6, 6.07) is 0.321. The summed E-state index contributed by atoms with van der Waals surface area (Å²) < 4.78 is 5.26. The zero-order chi connectivity index (χ0) is 13.5. The molecule has 6 heteroatoms. The van der Waals surface area contributed by atoms with Crippen molar-refractivity contribution in [3.63, 3.8) is 0 Å². The molecule has 0 saturated heterocycles. The molecule has 0 amide bonds. The fourth-order valence-electron chi connectivity index (χ4n) is 1.66. The van der Waals surface area contributed by atoms with E-state index in [-0.39, 0.29) is 0 Å². The molecule has 1 rings (SSSR count). The van der Waals surface area contributed by atoms with Gasteiger partial charge in [0.25, 0.3) is 0 Å². The van der Waals surface area contributed by atoms with Crippen LogP contribution in [-0.2, 0) is 0 Å². The summed E-state index contributed by atoms with van der Waals surface area (Å²) in [7, 11) is 1.57. The van der Waals surface area contributed by atoms with Crippen molar-refractivity contribution in [1.82, 2.24) is 9.97 Å². The average molecular weight is 253 g/mol. The van der Waals surface area contributed by atoms with Crippen LogP contribution >= 0.6 is 0 Å². The summed E-state index contributed by atoms with van der Waals surface area (Å²) in [5.41, 5.74) is 2.49. The standard InChI is InChI=1S/C12H23N5O/c1-8(2)5-6-9(3)16-11-10(18-4)12(17-13)15-7-14-11/h7-9H,5-6,13H2,1-4H3,(H2,14,15,16,17). The summed E-state index contributed by atoms with van der Waals surface area (Å²) in [6.07, 6.45) is 3.70. The second-order valence-electron chi connectivity index (χ2n) is 4.77. The van der Waals surface area contributed by atoms with Crippen molar-refractivity contribution in [1.29, 1.82) is 0 Å². The van der Waals surface area contributed by atoms with Gasteiger partial charge in [-0.3, -0.25) is 0 Å². The molecule has 0 radical (unpaired) electrons. The summed E-state index contributed by atoms with van der Waals surface area (Å²) >= 11 is 0. The van der Waals surface area contributed by atoms with E-state index in [1.807, 2.05) is 0 Å². The monoisotopic (exact) mass is 253 g/mol. The minimum absolute atomic E-state index is 0.321. The molecule has 1 unspecified atom stereocenters. The van der Waals surface area contributed by atoms with Gasteiger partial charge in [0.1, 0.15) is 6.33 Å². The van der Waals surface area contributed by atoms with Crippen molar-refractivity contribution in [2.75, 3.05) is 17.9 Å². The highest BCUT2D eigenvalue weighted by atomic mass is 16.5. The first-order chi connectivity index (χ1) is 8.58. The quantitative estimate of drug-likeness (QED) is 0.509. The number of nitrogens with two attached hydrogens (primary N) is 1. The Labute approximate surface area is 108 Å². The topological polar surface area (TPSA) is 85.1 Å². The van der Waals surface area contributed by atoms with Crippen LogP contribution in [-0.4, -0.2) is 23.1 Å². The van der Waals surface area contributed by atoms with E-state index in [0.717, 1.165) is 6.42 Å². The molecule has 0 saturated carbocycles. The van der Waals surface area contributed by atoms with E-state index < -0.39 is 0 Å². The molecule has 102 valence electrons. The number of rotatable bonds is 7. The van der Waals surface area contributed by atoms with Gasteiger partial charge in [-0.1, -0.05) is 13.8 Å². The lowest BCUT2D eigenvalue weighted by Crippen LogP contribution is -2.19. The fraction of sp³-hybridized carbons (Fsp3) is 0.667. The number of nitrogen functional groups attached to an aromatic ring is 1. The molecule has 0 aromatic carbocycles. The van der Waals surface area contributed by atoms with Crippen molar-refractivity contribution in [2.45, 2.75) is 39.7 Å². The lowest BCUT2D eigenvalue weighted by molar-refractivity contribution is 0.413. The fourth-order valence-corrected chi connectivity index (χ4v) is 1.66. The Hall–Kier alpha value is -1.56. The summed E-state index contributed by atoms with van der Waals surface area (Å²) in [4.78, 5) is 8.18.